The van der Waals surface area contributed by atoms with Crippen molar-refractivity contribution in [3.8, 4) is 0 Å². The zero-order chi connectivity index (χ0) is 11.4. The third-order valence-electron chi connectivity index (χ3n) is 2.87. The lowest BCUT2D eigenvalue weighted by molar-refractivity contribution is 0.524. The van der Waals surface area contributed by atoms with Gasteiger partial charge in [0.2, 0.25) is 0 Å². The Hall–Kier alpha value is -0.0900. The van der Waals surface area contributed by atoms with Gasteiger partial charge in [0.1, 0.15) is 0 Å². The van der Waals surface area contributed by atoms with Crippen molar-refractivity contribution >= 4 is 9.84 Å². The first kappa shape index (κ1) is 13.9. The van der Waals surface area contributed by atoms with Gasteiger partial charge in [-0.05, 0) is 32.2 Å². The molecule has 0 rings (SSSR count). The van der Waals surface area contributed by atoms with Crippen LogP contribution in [-0.4, -0.2) is 25.5 Å². The molecule has 0 saturated carbocycles. The van der Waals surface area contributed by atoms with Crippen LogP contribution in [0.3, 0.4) is 0 Å². The van der Waals surface area contributed by atoms with Gasteiger partial charge in [-0.1, -0.05) is 20.8 Å². The quantitative estimate of drug-likeness (QED) is 0.740. The van der Waals surface area contributed by atoms with Gasteiger partial charge < -0.3 is 5.73 Å². The molecule has 0 radical (unpaired) electrons. The minimum absolute atomic E-state index is 0.173. The predicted molar refractivity (Wildman–Crippen MR) is 61.0 cm³/mol. The van der Waals surface area contributed by atoms with Crippen molar-refractivity contribution in [2.24, 2.45) is 11.7 Å². The lowest BCUT2D eigenvalue weighted by Crippen LogP contribution is -2.34. The predicted octanol–water partition coefficient (Wildman–Crippen LogP) is 1.57. The normalized spacial score (nSPS) is 17.0. The van der Waals surface area contributed by atoms with Crippen LogP contribution in [0, 0.1) is 5.92 Å². The van der Waals surface area contributed by atoms with Gasteiger partial charge in [0.05, 0.1) is 10.5 Å². The molecule has 86 valence electrons. The number of hydrogen-bond donors (Lipinski definition) is 1. The molecule has 2 unspecified atom stereocenters. The van der Waals surface area contributed by atoms with Crippen LogP contribution in [0.25, 0.3) is 0 Å². The SMILES string of the molecule is CCC(CCN)S(=O)(=O)C(C)C(C)C. The van der Waals surface area contributed by atoms with Gasteiger partial charge in [0, 0.05) is 0 Å². The van der Waals surface area contributed by atoms with E-state index in [0.29, 0.717) is 19.4 Å². The van der Waals surface area contributed by atoms with Gasteiger partial charge in [-0.2, -0.15) is 0 Å². The third-order valence-corrected chi connectivity index (χ3v) is 5.94. The van der Waals surface area contributed by atoms with E-state index in [1.807, 2.05) is 20.8 Å². The number of sulfone groups is 1. The third kappa shape index (κ3) is 3.24. The van der Waals surface area contributed by atoms with Crippen LogP contribution in [0.5, 0.6) is 0 Å². The van der Waals surface area contributed by atoms with Crippen molar-refractivity contribution in [2.75, 3.05) is 6.54 Å². The minimum Gasteiger partial charge on any atom is -0.330 e. The van der Waals surface area contributed by atoms with Crippen LogP contribution in [0.1, 0.15) is 40.5 Å². The summed E-state index contributed by atoms with van der Waals surface area (Å²) in [6.07, 6.45) is 1.24. The highest BCUT2D eigenvalue weighted by molar-refractivity contribution is 7.92. The molecule has 0 aliphatic heterocycles. The smallest absolute Gasteiger partial charge is 0.156 e. The summed E-state index contributed by atoms with van der Waals surface area (Å²) in [5.74, 6) is 0.173. The Labute approximate surface area is 88.0 Å². The van der Waals surface area contributed by atoms with E-state index < -0.39 is 9.84 Å². The summed E-state index contributed by atoms with van der Waals surface area (Å²) in [5.41, 5.74) is 5.41. The van der Waals surface area contributed by atoms with E-state index in [2.05, 4.69) is 0 Å². The largest absolute Gasteiger partial charge is 0.330 e. The van der Waals surface area contributed by atoms with Gasteiger partial charge in [-0.25, -0.2) is 8.42 Å². The zero-order valence-electron chi connectivity index (χ0n) is 9.66. The number of hydrogen-bond acceptors (Lipinski definition) is 3. The highest BCUT2D eigenvalue weighted by Gasteiger charge is 2.30. The fourth-order valence-corrected chi connectivity index (χ4v) is 3.76. The van der Waals surface area contributed by atoms with Gasteiger partial charge >= 0.3 is 0 Å². The van der Waals surface area contributed by atoms with Crippen LogP contribution in [0.15, 0.2) is 0 Å². The average Bonchev–Trinajstić information content (AvgIpc) is 2.12. The Balaban J connectivity index is 4.73. The van der Waals surface area contributed by atoms with Crippen LogP contribution >= 0.6 is 0 Å². The summed E-state index contributed by atoms with van der Waals surface area (Å²) in [4.78, 5) is 0. The molecule has 0 aliphatic rings. The van der Waals surface area contributed by atoms with Crippen LogP contribution in [-0.2, 0) is 9.84 Å². The summed E-state index contributed by atoms with van der Waals surface area (Å²) in [5, 5.41) is -0.524. The highest BCUT2D eigenvalue weighted by Crippen LogP contribution is 2.20. The van der Waals surface area contributed by atoms with Gasteiger partial charge in [-0.3, -0.25) is 0 Å². The highest BCUT2D eigenvalue weighted by atomic mass is 32.2. The second-order valence-corrected chi connectivity index (χ2v) is 6.73. The maximum Gasteiger partial charge on any atom is 0.156 e. The van der Waals surface area contributed by atoms with E-state index >= 15 is 0 Å². The first-order valence-electron chi connectivity index (χ1n) is 5.30. The van der Waals surface area contributed by atoms with Crippen molar-refractivity contribution in [1.29, 1.82) is 0 Å². The van der Waals surface area contributed by atoms with Crippen molar-refractivity contribution in [1.82, 2.24) is 0 Å². The molecule has 0 heterocycles. The molecule has 14 heavy (non-hydrogen) atoms. The second kappa shape index (κ2) is 5.71. The summed E-state index contributed by atoms with van der Waals surface area (Å²) in [6.45, 7) is 8.03. The van der Waals surface area contributed by atoms with E-state index in [0.717, 1.165) is 0 Å². The molecule has 0 aromatic carbocycles. The molecule has 3 nitrogen and oxygen atoms in total. The Bertz CT molecular complexity index is 247. The Morgan fingerprint density at radius 2 is 1.71 bits per heavy atom. The lowest BCUT2D eigenvalue weighted by Gasteiger charge is -2.22. The maximum absolute atomic E-state index is 12.0. The fourth-order valence-electron chi connectivity index (χ4n) is 1.47. The first-order valence-corrected chi connectivity index (χ1v) is 6.91. The number of nitrogens with two attached hydrogens (primary N) is 1. The van der Waals surface area contributed by atoms with Crippen LogP contribution in [0.2, 0.25) is 0 Å². The summed E-state index contributed by atoms with van der Waals surface area (Å²) < 4.78 is 24.1. The number of rotatable bonds is 6. The Morgan fingerprint density at radius 3 is 2.00 bits per heavy atom. The van der Waals surface area contributed by atoms with Gasteiger partial charge in [0.25, 0.3) is 0 Å². The van der Waals surface area contributed by atoms with Crippen molar-refractivity contribution in [2.45, 2.75) is 51.0 Å². The fraction of sp³-hybridized carbons (Fsp3) is 1.00. The van der Waals surface area contributed by atoms with E-state index in [1.54, 1.807) is 6.92 Å². The van der Waals surface area contributed by atoms with E-state index in [-0.39, 0.29) is 16.4 Å². The summed E-state index contributed by atoms with van der Waals surface area (Å²) in [6, 6.07) is 0. The Kier molecular flexibility index (Phi) is 5.67. The molecule has 0 spiro atoms. The molecule has 0 bridgehead atoms. The molecule has 0 amide bonds. The van der Waals surface area contributed by atoms with Crippen LogP contribution in [0.4, 0.5) is 0 Å². The molecule has 4 heteroatoms. The molecule has 0 fully saturated rings. The van der Waals surface area contributed by atoms with E-state index in [1.165, 1.54) is 0 Å². The molecule has 2 N–H and O–H groups in total. The van der Waals surface area contributed by atoms with Crippen molar-refractivity contribution in [3.63, 3.8) is 0 Å². The molecular weight excluding hydrogens is 198 g/mol. The molecule has 2 atom stereocenters. The van der Waals surface area contributed by atoms with Crippen molar-refractivity contribution in [3.05, 3.63) is 0 Å². The van der Waals surface area contributed by atoms with E-state index in [4.69, 9.17) is 5.73 Å². The summed E-state index contributed by atoms with van der Waals surface area (Å²) in [7, 11) is -2.99. The minimum atomic E-state index is -2.99. The topological polar surface area (TPSA) is 60.2 Å². The van der Waals surface area contributed by atoms with Crippen molar-refractivity contribution < 1.29 is 8.42 Å². The molecule has 0 aliphatic carbocycles. The average molecular weight is 221 g/mol. The van der Waals surface area contributed by atoms with Gasteiger partial charge in [0.15, 0.2) is 9.84 Å². The first-order chi connectivity index (χ1) is 6.37. The standard InChI is InChI=1S/C10H23NO2S/c1-5-10(6-7-11)14(12,13)9(4)8(2)3/h8-10H,5-7,11H2,1-4H3. The van der Waals surface area contributed by atoms with E-state index in [9.17, 15) is 8.42 Å². The molecule has 0 saturated heterocycles. The van der Waals surface area contributed by atoms with Crippen LogP contribution < -0.4 is 5.73 Å². The Morgan fingerprint density at radius 1 is 1.21 bits per heavy atom. The monoisotopic (exact) mass is 221 g/mol. The van der Waals surface area contributed by atoms with Gasteiger partial charge in [-0.15, -0.1) is 0 Å². The molecular formula is C10H23NO2S. The maximum atomic E-state index is 12.0. The molecule has 0 aromatic heterocycles. The summed E-state index contributed by atoms with van der Waals surface area (Å²) >= 11 is 0. The molecule has 0 aromatic rings. The second-order valence-electron chi connectivity index (χ2n) is 4.15. The zero-order valence-corrected chi connectivity index (χ0v) is 10.5. The lowest BCUT2D eigenvalue weighted by atomic mass is 10.2.